The van der Waals surface area contributed by atoms with E-state index >= 15 is 0 Å². The van der Waals surface area contributed by atoms with Gasteiger partial charge in [0.05, 0.1) is 24.6 Å². The lowest BCUT2D eigenvalue weighted by molar-refractivity contribution is -0.136. The van der Waals surface area contributed by atoms with E-state index < -0.39 is 24.1 Å². The molecule has 0 aliphatic rings. The van der Waals surface area contributed by atoms with Crippen LogP contribution in [0.2, 0.25) is 0 Å². The average Bonchev–Trinajstić information content (AvgIpc) is 3.18. The van der Waals surface area contributed by atoms with Crippen LogP contribution in [0.3, 0.4) is 0 Å². The molecule has 0 aliphatic carbocycles. The Morgan fingerprint density at radius 2 is 2.15 bits per heavy atom. The van der Waals surface area contributed by atoms with Crippen LogP contribution in [0.1, 0.15) is 26.5 Å². The standard InChI is InChI=1S/C18H13FN2O4S/c1-9-12(6-15(22)23)16-13(3-4-14(25-2)17(16)19)21(9)18(24)10-5-11(7-20)26-8-10/h3-5,8H,6H2,1-2H3,(H,22,23). The molecule has 0 atom stereocenters. The zero-order valence-corrected chi connectivity index (χ0v) is 14.7. The number of fused-ring (bicyclic) bond motifs is 1. The number of aromatic nitrogens is 1. The van der Waals surface area contributed by atoms with Crippen molar-refractivity contribution in [1.82, 2.24) is 4.57 Å². The number of rotatable bonds is 4. The second kappa shape index (κ2) is 6.61. The van der Waals surface area contributed by atoms with Crippen molar-refractivity contribution in [2.24, 2.45) is 0 Å². The maximum atomic E-state index is 14.8. The number of thiophene rings is 1. The normalized spacial score (nSPS) is 10.7. The van der Waals surface area contributed by atoms with Crippen LogP contribution in [-0.2, 0) is 11.2 Å². The molecule has 0 bridgehead atoms. The molecule has 3 rings (SSSR count). The molecular weight excluding hydrogens is 359 g/mol. The minimum absolute atomic E-state index is 0.0314. The summed E-state index contributed by atoms with van der Waals surface area (Å²) in [5.41, 5.74) is 1.09. The second-order valence-corrected chi connectivity index (χ2v) is 6.47. The number of nitriles is 1. The maximum absolute atomic E-state index is 14.8. The highest BCUT2D eigenvalue weighted by molar-refractivity contribution is 7.10. The van der Waals surface area contributed by atoms with Gasteiger partial charge in [-0.05, 0) is 30.7 Å². The quantitative estimate of drug-likeness (QED) is 0.758. The van der Waals surface area contributed by atoms with E-state index in [4.69, 9.17) is 10.00 Å². The fourth-order valence-electron chi connectivity index (χ4n) is 2.94. The van der Waals surface area contributed by atoms with Gasteiger partial charge in [0.15, 0.2) is 11.6 Å². The fraction of sp³-hybridized carbons (Fsp3) is 0.167. The highest BCUT2D eigenvalue weighted by Crippen LogP contribution is 2.34. The summed E-state index contributed by atoms with van der Waals surface area (Å²) in [6.45, 7) is 1.57. The van der Waals surface area contributed by atoms with Crippen molar-refractivity contribution in [3.05, 3.63) is 51.1 Å². The van der Waals surface area contributed by atoms with E-state index in [1.165, 1.54) is 29.9 Å². The molecule has 6 nitrogen and oxygen atoms in total. The van der Waals surface area contributed by atoms with Crippen molar-refractivity contribution in [3.63, 3.8) is 0 Å². The van der Waals surface area contributed by atoms with Gasteiger partial charge in [-0.1, -0.05) is 0 Å². The summed E-state index contributed by atoms with van der Waals surface area (Å²) < 4.78 is 21.1. The molecule has 1 N–H and O–H groups in total. The van der Waals surface area contributed by atoms with Gasteiger partial charge in [0.2, 0.25) is 0 Å². The first-order valence-electron chi connectivity index (χ1n) is 7.50. The Hall–Kier alpha value is -3.18. The molecule has 26 heavy (non-hydrogen) atoms. The smallest absolute Gasteiger partial charge is 0.307 e. The lowest BCUT2D eigenvalue weighted by Gasteiger charge is -2.06. The number of benzene rings is 1. The van der Waals surface area contributed by atoms with Crippen molar-refractivity contribution in [3.8, 4) is 11.8 Å². The Morgan fingerprint density at radius 3 is 2.73 bits per heavy atom. The predicted octanol–water partition coefficient (Wildman–Crippen LogP) is 3.35. The molecule has 0 aliphatic heterocycles. The van der Waals surface area contributed by atoms with E-state index in [0.29, 0.717) is 10.6 Å². The summed E-state index contributed by atoms with van der Waals surface area (Å²) in [7, 11) is 1.31. The van der Waals surface area contributed by atoms with Gasteiger partial charge >= 0.3 is 5.97 Å². The highest BCUT2D eigenvalue weighted by atomic mass is 32.1. The van der Waals surface area contributed by atoms with Gasteiger partial charge in [-0.25, -0.2) is 4.39 Å². The van der Waals surface area contributed by atoms with Gasteiger partial charge in [0.25, 0.3) is 5.91 Å². The van der Waals surface area contributed by atoms with Crippen LogP contribution in [0, 0.1) is 24.1 Å². The third-order valence-electron chi connectivity index (χ3n) is 4.11. The molecule has 8 heteroatoms. The van der Waals surface area contributed by atoms with Gasteiger partial charge in [-0.3, -0.25) is 14.2 Å². The SMILES string of the molecule is COc1ccc2c(c1F)c(CC(=O)O)c(C)n2C(=O)c1csc(C#N)c1. The second-order valence-electron chi connectivity index (χ2n) is 5.56. The summed E-state index contributed by atoms with van der Waals surface area (Å²) in [4.78, 5) is 24.5. The molecule has 3 aromatic rings. The van der Waals surface area contributed by atoms with Crippen LogP contribution in [0.25, 0.3) is 10.9 Å². The van der Waals surface area contributed by atoms with E-state index in [9.17, 15) is 19.1 Å². The topological polar surface area (TPSA) is 92.3 Å². The number of carbonyl (C=O) groups is 2. The lowest BCUT2D eigenvalue weighted by Crippen LogP contribution is -2.13. The van der Waals surface area contributed by atoms with Gasteiger partial charge in [-0.2, -0.15) is 5.26 Å². The molecule has 0 unspecified atom stereocenters. The van der Waals surface area contributed by atoms with Crippen molar-refractivity contribution in [1.29, 1.82) is 5.26 Å². The van der Waals surface area contributed by atoms with E-state index in [2.05, 4.69) is 0 Å². The van der Waals surface area contributed by atoms with Gasteiger partial charge in [-0.15, -0.1) is 11.3 Å². The summed E-state index contributed by atoms with van der Waals surface area (Å²) in [5, 5.41) is 19.7. The minimum Gasteiger partial charge on any atom is -0.494 e. The molecule has 0 saturated carbocycles. The summed E-state index contributed by atoms with van der Waals surface area (Å²) in [6, 6.07) is 6.32. The van der Waals surface area contributed by atoms with Crippen LogP contribution in [0.5, 0.6) is 5.75 Å². The molecule has 0 radical (unpaired) electrons. The van der Waals surface area contributed by atoms with Crippen LogP contribution in [0.4, 0.5) is 4.39 Å². The monoisotopic (exact) mass is 372 g/mol. The zero-order valence-electron chi connectivity index (χ0n) is 13.9. The van der Waals surface area contributed by atoms with Crippen molar-refractivity contribution in [2.75, 3.05) is 7.11 Å². The molecule has 0 saturated heterocycles. The number of aliphatic carboxylic acids is 1. The zero-order chi connectivity index (χ0) is 19.0. The van der Waals surface area contributed by atoms with Crippen molar-refractivity contribution in [2.45, 2.75) is 13.3 Å². The van der Waals surface area contributed by atoms with E-state index in [-0.39, 0.29) is 27.8 Å². The Morgan fingerprint density at radius 1 is 1.42 bits per heavy atom. The first-order chi connectivity index (χ1) is 12.4. The number of carboxylic acid groups (broad SMARTS) is 1. The third kappa shape index (κ3) is 2.72. The Labute approximate surface area is 151 Å². The first kappa shape index (κ1) is 17.6. The Balaban J connectivity index is 2.30. The average molecular weight is 372 g/mol. The van der Waals surface area contributed by atoms with Crippen molar-refractivity contribution < 1.29 is 23.8 Å². The predicted molar refractivity (Wildman–Crippen MR) is 93.3 cm³/mol. The molecule has 0 fully saturated rings. The molecule has 0 amide bonds. The number of methoxy groups -OCH3 is 1. The summed E-state index contributed by atoms with van der Waals surface area (Å²) in [5.74, 6) is -2.33. The van der Waals surface area contributed by atoms with Crippen molar-refractivity contribution >= 4 is 34.1 Å². The van der Waals surface area contributed by atoms with Crippen LogP contribution in [0.15, 0.2) is 23.6 Å². The third-order valence-corrected chi connectivity index (χ3v) is 4.94. The minimum atomic E-state index is -1.14. The number of hydrogen-bond acceptors (Lipinski definition) is 5. The van der Waals surface area contributed by atoms with Gasteiger partial charge < -0.3 is 9.84 Å². The van der Waals surface area contributed by atoms with E-state index in [1.807, 2.05) is 6.07 Å². The van der Waals surface area contributed by atoms with E-state index in [0.717, 1.165) is 11.3 Å². The molecule has 1 aromatic carbocycles. The largest absolute Gasteiger partial charge is 0.494 e. The molecule has 132 valence electrons. The van der Waals surface area contributed by atoms with Gasteiger partial charge in [0, 0.05) is 16.5 Å². The van der Waals surface area contributed by atoms with Crippen LogP contribution >= 0.6 is 11.3 Å². The Kier molecular flexibility index (Phi) is 4.49. The lowest BCUT2D eigenvalue weighted by atomic mass is 10.1. The maximum Gasteiger partial charge on any atom is 0.307 e. The summed E-state index contributed by atoms with van der Waals surface area (Å²) in [6.07, 6.45) is -0.431. The number of carboxylic acids is 1. The number of carbonyl (C=O) groups excluding carboxylic acids is 1. The summed E-state index contributed by atoms with van der Waals surface area (Å²) >= 11 is 1.13. The molecule has 0 spiro atoms. The van der Waals surface area contributed by atoms with Crippen LogP contribution in [-0.4, -0.2) is 28.7 Å². The molecule has 2 aromatic heterocycles. The number of ether oxygens (including phenoxy) is 1. The number of nitrogens with zero attached hydrogens (tertiary/aromatic N) is 2. The molecular formula is C18H13FN2O4S. The first-order valence-corrected chi connectivity index (χ1v) is 8.38. The van der Waals surface area contributed by atoms with Crippen LogP contribution < -0.4 is 4.74 Å². The van der Waals surface area contributed by atoms with E-state index in [1.54, 1.807) is 12.3 Å². The molecule has 2 heterocycles. The Bertz CT molecular complexity index is 1090. The number of hydrogen-bond donors (Lipinski definition) is 1. The highest BCUT2D eigenvalue weighted by Gasteiger charge is 2.25. The fourth-order valence-corrected chi connectivity index (χ4v) is 3.61. The number of halogens is 1. The van der Waals surface area contributed by atoms with Gasteiger partial charge in [0.1, 0.15) is 10.9 Å².